The second-order valence-corrected chi connectivity index (χ2v) is 8.42. The molecule has 8 nitrogen and oxygen atoms in total. The average molecular weight is 407 g/mol. The van der Waals surface area contributed by atoms with Crippen molar-refractivity contribution in [3.63, 3.8) is 0 Å². The number of aromatic nitrogens is 1. The first-order valence-corrected chi connectivity index (χ1v) is 10.2. The predicted molar refractivity (Wildman–Crippen MR) is 100 cm³/mol. The van der Waals surface area contributed by atoms with Gasteiger partial charge in [0.2, 0.25) is 10.0 Å². The summed E-state index contributed by atoms with van der Waals surface area (Å²) in [6.45, 7) is 6.81. The van der Waals surface area contributed by atoms with E-state index in [0.717, 1.165) is 32.6 Å². The fraction of sp³-hybridized carbons (Fsp3) is 0.688. The van der Waals surface area contributed by atoms with Crippen LogP contribution in [0.4, 0.5) is 0 Å². The molecule has 3 rings (SSSR count). The predicted octanol–water partition coefficient (Wildman–Crippen LogP) is 0.292. The Hall–Kier alpha value is -1.13. The third-order valence-corrected chi connectivity index (χ3v) is 6.73. The van der Waals surface area contributed by atoms with Crippen molar-refractivity contribution in [2.75, 3.05) is 45.9 Å². The van der Waals surface area contributed by atoms with Gasteiger partial charge >= 0.3 is 5.97 Å². The van der Waals surface area contributed by atoms with Crippen LogP contribution in [-0.2, 0) is 21.8 Å². The van der Waals surface area contributed by atoms with Crippen molar-refractivity contribution in [2.45, 2.75) is 24.3 Å². The van der Waals surface area contributed by atoms with Gasteiger partial charge in [-0.15, -0.1) is 12.4 Å². The molecule has 0 aliphatic carbocycles. The molecule has 148 valence electrons. The van der Waals surface area contributed by atoms with Gasteiger partial charge in [-0.1, -0.05) is 0 Å². The minimum atomic E-state index is -3.60. The summed E-state index contributed by atoms with van der Waals surface area (Å²) < 4.78 is 33.9. The summed E-state index contributed by atoms with van der Waals surface area (Å²) >= 11 is 0. The first kappa shape index (κ1) is 21.2. The van der Waals surface area contributed by atoms with Crippen molar-refractivity contribution in [2.24, 2.45) is 7.05 Å². The number of hydrogen-bond donors (Lipinski definition) is 1. The van der Waals surface area contributed by atoms with Gasteiger partial charge in [0, 0.05) is 58.6 Å². The standard InChI is InChI=1S/C16H26N4O4S.ClH/c1-3-24-16(21)15-10-14(12-18(15)2)25(22,23)20-7-4-13(11-20)19-8-5-17-6-9-19;/h10,12-13,17H,3-9,11H2,1-2H3;1H. The molecule has 2 aliphatic rings. The van der Waals surface area contributed by atoms with Crippen LogP contribution in [0.15, 0.2) is 17.2 Å². The molecular formula is C16H27ClN4O4S. The molecular weight excluding hydrogens is 380 g/mol. The molecule has 3 heterocycles. The van der Waals surface area contributed by atoms with Gasteiger partial charge in [0.1, 0.15) is 10.6 Å². The lowest BCUT2D eigenvalue weighted by Gasteiger charge is -2.32. The molecule has 2 aliphatic heterocycles. The van der Waals surface area contributed by atoms with Crippen molar-refractivity contribution in [1.82, 2.24) is 19.1 Å². The van der Waals surface area contributed by atoms with Crippen LogP contribution in [0.25, 0.3) is 0 Å². The van der Waals surface area contributed by atoms with Crippen LogP contribution < -0.4 is 5.32 Å². The van der Waals surface area contributed by atoms with Gasteiger partial charge in [-0.2, -0.15) is 4.31 Å². The zero-order valence-electron chi connectivity index (χ0n) is 15.2. The van der Waals surface area contributed by atoms with Gasteiger partial charge in [-0.3, -0.25) is 4.90 Å². The zero-order valence-corrected chi connectivity index (χ0v) is 16.8. The molecule has 0 saturated carbocycles. The largest absolute Gasteiger partial charge is 0.461 e. The molecule has 10 heteroatoms. The number of ether oxygens (including phenoxy) is 1. The van der Waals surface area contributed by atoms with E-state index in [1.807, 2.05) is 0 Å². The molecule has 0 bridgehead atoms. The second kappa shape index (κ2) is 8.71. The maximum atomic E-state index is 12.9. The topological polar surface area (TPSA) is 83.9 Å². The van der Waals surface area contributed by atoms with Crippen LogP contribution in [-0.4, -0.2) is 80.1 Å². The average Bonchev–Trinajstić information content (AvgIpc) is 3.23. The summed E-state index contributed by atoms with van der Waals surface area (Å²) in [4.78, 5) is 14.4. The lowest BCUT2D eigenvalue weighted by Crippen LogP contribution is -2.49. The highest BCUT2D eigenvalue weighted by Gasteiger charge is 2.36. The Morgan fingerprint density at radius 3 is 2.65 bits per heavy atom. The van der Waals surface area contributed by atoms with E-state index in [1.54, 1.807) is 14.0 Å². The number of carbonyl (C=O) groups excluding carboxylic acids is 1. The minimum Gasteiger partial charge on any atom is -0.461 e. The molecule has 0 radical (unpaired) electrons. The van der Waals surface area contributed by atoms with Crippen LogP contribution in [0.2, 0.25) is 0 Å². The highest BCUT2D eigenvalue weighted by atomic mass is 35.5. The SMILES string of the molecule is CCOC(=O)c1cc(S(=O)(=O)N2CCC(N3CCNCC3)C2)cn1C.Cl. The summed E-state index contributed by atoms with van der Waals surface area (Å²) in [5.41, 5.74) is 0.248. The third kappa shape index (κ3) is 4.23. The number of nitrogens with one attached hydrogen (secondary N) is 1. The lowest BCUT2D eigenvalue weighted by atomic mass is 10.2. The number of halogens is 1. The Morgan fingerprint density at radius 2 is 2.00 bits per heavy atom. The van der Waals surface area contributed by atoms with Crippen molar-refractivity contribution >= 4 is 28.4 Å². The molecule has 2 fully saturated rings. The Kier molecular flexibility index (Phi) is 7.09. The molecule has 2 saturated heterocycles. The van der Waals surface area contributed by atoms with Gasteiger partial charge in [0.15, 0.2) is 0 Å². The second-order valence-electron chi connectivity index (χ2n) is 6.48. The number of nitrogens with zero attached hydrogens (tertiary/aromatic N) is 3. The molecule has 26 heavy (non-hydrogen) atoms. The van der Waals surface area contributed by atoms with Gasteiger partial charge in [0.25, 0.3) is 0 Å². The molecule has 1 aromatic heterocycles. The third-order valence-electron chi connectivity index (χ3n) is 4.90. The Morgan fingerprint density at radius 1 is 1.31 bits per heavy atom. The fourth-order valence-corrected chi connectivity index (χ4v) is 5.07. The van der Waals surface area contributed by atoms with E-state index in [1.165, 1.54) is 21.1 Å². The van der Waals surface area contributed by atoms with E-state index < -0.39 is 16.0 Å². The summed E-state index contributed by atoms with van der Waals surface area (Å²) in [5, 5.41) is 3.32. The van der Waals surface area contributed by atoms with Crippen LogP contribution in [0.3, 0.4) is 0 Å². The van der Waals surface area contributed by atoms with E-state index in [-0.39, 0.29) is 35.6 Å². The molecule has 0 spiro atoms. The van der Waals surface area contributed by atoms with E-state index in [0.29, 0.717) is 13.1 Å². The van der Waals surface area contributed by atoms with Crippen LogP contribution in [0.1, 0.15) is 23.8 Å². The molecule has 1 N–H and O–H groups in total. The molecule has 0 amide bonds. The Balaban J connectivity index is 0.00000243. The van der Waals surface area contributed by atoms with E-state index in [2.05, 4.69) is 10.2 Å². The van der Waals surface area contributed by atoms with Crippen LogP contribution in [0.5, 0.6) is 0 Å². The monoisotopic (exact) mass is 406 g/mol. The number of piperazine rings is 1. The van der Waals surface area contributed by atoms with Crippen molar-refractivity contribution in [3.05, 3.63) is 18.0 Å². The number of aryl methyl sites for hydroxylation is 1. The van der Waals surface area contributed by atoms with Crippen molar-refractivity contribution in [1.29, 1.82) is 0 Å². The van der Waals surface area contributed by atoms with Crippen molar-refractivity contribution in [3.8, 4) is 0 Å². The van der Waals surface area contributed by atoms with Gasteiger partial charge in [-0.25, -0.2) is 13.2 Å². The first-order chi connectivity index (χ1) is 11.9. The molecule has 0 aromatic carbocycles. The van der Waals surface area contributed by atoms with Gasteiger partial charge < -0.3 is 14.6 Å². The minimum absolute atomic E-state index is 0. The summed E-state index contributed by atoms with van der Waals surface area (Å²) in [6, 6.07) is 1.68. The zero-order chi connectivity index (χ0) is 18.0. The normalized spacial score (nSPS) is 22.2. The fourth-order valence-electron chi connectivity index (χ4n) is 3.51. The molecule has 1 atom stereocenters. The number of rotatable bonds is 5. The first-order valence-electron chi connectivity index (χ1n) is 8.72. The number of sulfonamides is 1. The maximum Gasteiger partial charge on any atom is 0.354 e. The molecule has 1 unspecified atom stereocenters. The highest BCUT2D eigenvalue weighted by Crippen LogP contribution is 2.25. The van der Waals surface area contributed by atoms with Crippen LogP contribution in [0, 0.1) is 0 Å². The summed E-state index contributed by atoms with van der Waals surface area (Å²) in [7, 11) is -1.95. The Labute approximate surface area is 160 Å². The number of carbonyl (C=O) groups is 1. The number of hydrogen-bond acceptors (Lipinski definition) is 6. The van der Waals surface area contributed by atoms with Crippen molar-refractivity contribution < 1.29 is 17.9 Å². The number of esters is 1. The Bertz CT molecular complexity index is 731. The smallest absolute Gasteiger partial charge is 0.354 e. The maximum absolute atomic E-state index is 12.9. The van der Waals surface area contributed by atoms with E-state index in [4.69, 9.17) is 4.74 Å². The summed E-state index contributed by atoms with van der Waals surface area (Å²) in [5.74, 6) is -0.508. The molecule has 1 aromatic rings. The summed E-state index contributed by atoms with van der Waals surface area (Å²) in [6.07, 6.45) is 2.33. The van der Waals surface area contributed by atoms with Crippen LogP contribution >= 0.6 is 12.4 Å². The van der Waals surface area contributed by atoms with E-state index in [9.17, 15) is 13.2 Å². The quantitative estimate of drug-likeness (QED) is 0.708. The lowest BCUT2D eigenvalue weighted by molar-refractivity contribution is 0.0515. The highest BCUT2D eigenvalue weighted by molar-refractivity contribution is 7.89. The van der Waals surface area contributed by atoms with Gasteiger partial charge in [-0.05, 0) is 19.4 Å². The van der Waals surface area contributed by atoms with E-state index >= 15 is 0 Å². The van der Waals surface area contributed by atoms with Gasteiger partial charge in [0.05, 0.1) is 6.61 Å².